The Morgan fingerprint density at radius 3 is 2.35 bits per heavy atom. The summed E-state index contributed by atoms with van der Waals surface area (Å²) in [5.74, 6) is 0.916. The van der Waals surface area contributed by atoms with Gasteiger partial charge in [0.2, 0.25) is 0 Å². The van der Waals surface area contributed by atoms with Crippen LogP contribution in [0.3, 0.4) is 0 Å². The molecule has 2 rings (SSSR count). The van der Waals surface area contributed by atoms with Gasteiger partial charge in [0.15, 0.2) is 0 Å². The van der Waals surface area contributed by atoms with E-state index < -0.39 is 0 Å². The van der Waals surface area contributed by atoms with Crippen LogP contribution in [0.25, 0.3) is 0 Å². The van der Waals surface area contributed by atoms with E-state index in [0.29, 0.717) is 0 Å². The molecule has 3 heteroatoms. The summed E-state index contributed by atoms with van der Waals surface area (Å²) in [6, 6.07) is 10.5. The molecule has 1 heterocycles. The summed E-state index contributed by atoms with van der Waals surface area (Å²) in [5, 5.41) is 3.52. The van der Waals surface area contributed by atoms with E-state index >= 15 is 0 Å². The molecule has 2 aromatic rings. The van der Waals surface area contributed by atoms with E-state index in [2.05, 4.69) is 36.3 Å². The lowest BCUT2D eigenvalue weighted by Crippen LogP contribution is -2.09. The minimum Gasteiger partial charge on any atom is -0.491 e. The predicted octanol–water partition coefficient (Wildman–Crippen LogP) is 4.35. The summed E-state index contributed by atoms with van der Waals surface area (Å²) in [7, 11) is 0. The third-order valence-electron chi connectivity index (χ3n) is 3.15. The van der Waals surface area contributed by atoms with E-state index in [9.17, 15) is 0 Å². The van der Waals surface area contributed by atoms with E-state index in [-0.39, 0.29) is 12.1 Å². The first-order chi connectivity index (χ1) is 9.56. The molecule has 1 atom stereocenters. The second-order valence-corrected chi connectivity index (χ2v) is 5.29. The van der Waals surface area contributed by atoms with Crippen LogP contribution in [0.15, 0.2) is 42.7 Å². The second kappa shape index (κ2) is 6.42. The highest BCUT2D eigenvalue weighted by atomic mass is 16.5. The quantitative estimate of drug-likeness (QED) is 0.877. The number of hydrogen-bond donors (Lipinski definition) is 1. The smallest absolute Gasteiger partial charge is 0.120 e. The maximum absolute atomic E-state index is 5.70. The highest BCUT2D eigenvalue weighted by Crippen LogP contribution is 2.25. The van der Waals surface area contributed by atoms with Crippen LogP contribution in [0.2, 0.25) is 0 Å². The van der Waals surface area contributed by atoms with E-state index in [0.717, 1.165) is 11.4 Å². The molecule has 0 saturated carbocycles. The molecule has 0 spiro atoms. The molecule has 0 aliphatic carbocycles. The lowest BCUT2D eigenvalue weighted by molar-refractivity contribution is 0.242. The Bertz CT molecular complexity index is 552. The Kier molecular flexibility index (Phi) is 4.61. The van der Waals surface area contributed by atoms with Crippen LogP contribution in [0.5, 0.6) is 5.75 Å². The number of ether oxygens (including phenoxy) is 1. The van der Waals surface area contributed by atoms with Crippen LogP contribution in [-0.2, 0) is 0 Å². The highest BCUT2D eigenvalue weighted by Gasteiger charge is 2.07. The van der Waals surface area contributed by atoms with Gasteiger partial charge in [-0.05, 0) is 69.2 Å². The molecule has 0 saturated heterocycles. The summed E-state index contributed by atoms with van der Waals surface area (Å²) < 4.78 is 5.70. The first-order valence-electron chi connectivity index (χ1n) is 7.00. The van der Waals surface area contributed by atoms with Crippen molar-refractivity contribution in [1.82, 2.24) is 4.98 Å². The Morgan fingerprint density at radius 1 is 1.05 bits per heavy atom. The number of nitrogens with one attached hydrogen (secondary N) is 1. The lowest BCUT2D eigenvalue weighted by atomic mass is 10.1. The van der Waals surface area contributed by atoms with Crippen molar-refractivity contribution < 1.29 is 4.74 Å². The lowest BCUT2D eigenvalue weighted by Gasteiger charge is -2.18. The van der Waals surface area contributed by atoms with Crippen molar-refractivity contribution in [3.8, 4) is 5.75 Å². The van der Waals surface area contributed by atoms with Crippen molar-refractivity contribution >= 4 is 5.69 Å². The van der Waals surface area contributed by atoms with Crippen molar-refractivity contribution in [3.63, 3.8) is 0 Å². The van der Waals surface area contributed by atoms with Gasteiger partial charge < -0.3 is 10.1 Å². The normalized spacial score (nSPS) is 12.2. The number of anilines is 1. The summed E-state index contributed by atoms with van der Waals surface area (Å²) in [5.41, 5.74) is 3.54. The average molecular weight is 270 g/mol. The van der Waals surface area contributed by atoms with Gasteiger partial charge in [-0.15, -0.1) is 0 Å². The van der Waals surface area contributed by atoms with Gasteiger partial charge in [0.1, 0.15) is 5.75 Å². The van der Waals surface area contributed by atoms with Gasteiger partial charge in [-0.25, -0.2) is 0 Å². The Balaban J connectivity index is 2.10. The fourth-order valence-corrected chi connectivity index (χ4v) is 2.11. The van der Waals surface area contributed by atoms with Gasteiger partial charge in [0.25, 0.3) is 0 Å². The molecule has 0 fully saturated rings. The number of hydrogen-bond acceptors (Lipinski definition) is 3. The van der Waals surface area contributed by atoms with Crippen LogP contribution in [0.4, 0.5) is 5.69 Å². The van der Waals surface area contributed by atoms with E-state index in [1.54, 1.807) is 0 Å². The van der Waals surface area contributed by atoms with E-state index in [1.807, 2.05) is 44.4 Å². The van der Waals surface area contributed by atoms with Crippen molar-refractivity contribution in [1.29, 1.82) is 0 Å². The number of aromatic nitrogens is 1. The monoisotopic (exact) mass is 270 g/mol. The van der Waals surface area contributed by atoms with Gasteiger partial charge in [-0.3, -0.25) is 4.98 Å². The number of rotatable bonds is 5. The van der Waals surface area contributed by atoms with Gasteiger partial charge >= 0.3 is 0 Å². The first kappa shape index (κ1) is 14.4. The molecular formula is C17H22N2O. The van der Waals surface area contributed by atoms with Gasteiger partial charge in [-0.1, -0.05) is 0 Å². The van der Waals surface area contributed by atoms with E-state index in [1.165, 1.54) is 11.1 Å². The van der Waals surface area contributed by atoms with Crippen molar-refractivity contribution in [2.75, 3.05) is 5.32 Å². The SMILES string of the molecule is Cc1cc(OC(C)C)ccc1NC(C)c1ccncc1. The molecule has 106 valence electrons. The molecule has 0 aliphatic heterocycles. The summed E-state index contributed by atoms with van der Waals surface area (Å²) in [6.45, 7) is 8.31. The molecule has 20 heavy (non-hydrogen) atoms. The molecule has 1 aromatic heterocycles. The second-order valence-electron chi connectivity index (χ2n) is 5.29. The summed E-state index contributed by atoms with van der Waals surface area (Å²) >= 11 is 0. The molecule has 0 radical (unpaired) electrons. The Labute approximate surface area is 121 Å². The summed E-state index contributed by atoms with van der Waals surface area (Å²) in [6.07, 6.45) is 3.84. The van der Waals surface area contributed by atoms with Crippen molar-refractivity contribution in [3.05, 3.63) is 53.9 Å². The zero-order chi connectivity index (χ0) is 14.5. The maximum Gasteiger partial charge on any atom is 0.120 e. The van der Waals surface area contributed by atoms with Crippen LogP contribution in [0, 0.1) is 6.92 Å². The fraction of sp³-hybridized carbons (Fsp3) is 0.353. The zero-order valence-corrected chi connectivity index (χ0v) is 12.6. The topological polar surface area (TPSA) is 34.1 Å². The molecule has 1 aromatic carbocycles. The van der Waals surface area contributed by atoms with Crippen LogP contribution < -0.4 is 10.1 Å². The van der Waals surface area contributed by atoms with Crippen LogP contribution >= 0.6 is 0 Å². The standard InChI is InChI=1S/C17H22N2O/c1-12(2)20-16-5-6-17(13(3)11-16)19-14(4)15-7-9-18-10-8-15/h5-12,14,19H,1-4H3. The molecule has 1 unspecified atom stereocenters. The summed E-state index contributed by atoms with van der Waals surface area (Å²) in [4.78, 5) is 4.05. The maximum atomic E-state index is 5.70. The molecule has 0 bridgehead atoms. The highest BCUT2D eigenvalue weighted by molar-refractivity contribution is 5.54. The molecule has 1 N–H and O–H groups in total. The molecule has 0 amide bonds. The van der Waals surface area contributed by atoms with Crippen LogP contribution in [0.1, 0.15) is 37.9 Å². The third-order valence-corrected chi connectivity index (χ3v) is 3.15. The zero-order valence-electron chi connectivity index (χ0n) is 12.6. The number of nitrogens with zero attached hydrogens (tertiary/aromatic N) is 1. The van der Waals surface area contributed by atoms with Crippen molar-refractivity contribution in [2.24, 2.45) is 0 Å². The van der Waals surface area contributed by atoms with E-state index in [4.69, 9.17) is 4.74 Å². The minimum atomic E-state index is 0.198. The molecular weight excluding hydrogens is 248 g/mol. The number of aryl methyl sites for hydroxylation is 1. The van der Waals surface area contributed by atoms with Gasteiger partial charge in [0, 0.05) is 24.1 Å². The number of pyridine rings is 1. The Hall–Kier alpha value is -2.03. The average Bonchev–Trinajstić information content (AvgIpc) is 2.42. The van der Waals surface area contributed by atoms with Gasteiger partial charge in [-0.2, -0.15) is 0 Å². The third kappa shape index (κ3) is 3.73. The Morgan fingerprint density at radius 2 is 1.75 bits per heavy atom. The largest absolute Gasteiger partial charge is 0.491 e. The number of benzene rings is 1. The first-order valence-corrected chi connectivity index (χ1v) is 7.00. The fourth-order valence-electron chi connectivity index (χ4n) is 2.11. The predicted molar refractivity (Wildman–Crippen MR) is 83.2 cm³/mol. The van der Waals surface area contributed by atoms with Gasteiger partial charge in [0.05, 0.1) is 6.10 Å². The van der Waals surface area contributed by atoms with Crippen LogP contribution in [-0.4, -0.2) is 11.1 Å². The van der Waals surface area contributed by atoms with Crippen molar-refractivity contribution in [2.45, 2.75) is 39.8 Å². The molecule has 0 aliphatic rings. The molecule has 3 nitrogen and oxygen atoms in total. The minimum absolute atomic E-state index is 0.198.